The van der Waals surface area contributed by atoms with Gasteiger partial charge in [-0.05, 0) is 54.6 Å². The van der Waals surface area contributed by atoms with Gasteiger partial charge < -0.3 is 10.4 Å². The number of pyridine rings is 1. The van der Waals surface area contributed by atoms with E-state index in [-0.39, 0.29) is 11.3 Å². The van der Waals surface area contributed by atoms with Gasteiger partial charge in [-0.25, -0.2) is 9.37 Å². The number of halogens is 1. The molecule has 0 bridgehead atoms. The number of nitrogens with one attached hydrogen (secondary N) is 1. The predicted octanol–water partition coefficient (Wildman–Crippen LogP) is 6.19. The van der Waals surface area contributed by atoms with E-state index in [1.807, 2.05) is 30.5 Å². The third-order valence-electron chi connectivity index (χ3n) is 5.37. The van der Waals surface area contributed by atoms with Crippen LogP contribution in [0.1, 0.15) is 12.5 Å². The molecule has 0 saturated heterocycles. The number of rotatable bonds is 6. The first-order valence-corrected chi connectivity index (χ1v) is 11.4. The van der Waals surface area contributed by atoms with Gasteiger partial charge in [0, 0.05) is 15.8 Å². The van der Waals surface area contributed by atoms with E-state index in [9.17, 15) is 19.6 Å². The molecule has 5 nitrogen and oxygen atoms in total. The lowest BCUT2D eigenvalue weighted by atomic mass is 9.98. The number of carboxylic acid groups (broad SMARTS) is 1. The average Bonchev–Trinajstić information content (AvgIpc) is 2.84. The average molecular weight is 458 g/mol. The molecule has 0 aliphatic heterocycles. The van der Waals surface area contributed by atoms with Crippen molar-refractivity contribution in [3.05, 3.63) is 78.1 Å². The minimum atomic E-state index is -1.08. The first-order valence-electron chi connectivity index (χ1n) is 10.2. The largest absolute Gasteiger partial charge is 0.480 e. The van der Waals surface area contributed by atoms with E-state index in [2.05, 4.69) is 40.6 Å². The molecule has 1 unspecified atom stereocenters. The number of hydrogen-bond donors (Lipinski definition) is 2. The number of carboxylic acids is 1. The lowest BCUT2D eigenvalue weighted by Crippen LogP contribution is -2.26. The van der Waals surface area contributed by atoms with E-state index in [1.165, 1.54) is 30.0 Å². The molecule has 0 fully saturated rings. The Bertz CT molecular complexity index is 1380. The molecule has 0 aliphatic carbocycles. The maximum absolute atomic E-state index is 14.0. The van der Waals surface area contributed by atoms with Crippen molar-refractivity contribution in [3.8, 4) is 28.5 Å². The van der Waals surface area contributed by atoms with Crippen LogP contribution in [0.25, 0.3) is 33.3 Å². The number of aromatic nitrogens is 1. The molecule has 3 aromatic carbocycles. The molecule has 0 spiro atoms. The zero-order valence-corrected chi connectivity index (χ0v) is 18.8. The summed E-state index contributed by atoms with van der Waals surface area (Å²) in [6.07, 6.45) is 2.03. The molecular weight excluding hydrogens is 437 g/mol. The number of carbonyl (C=O) groups is 1. The quantitative estimate of drug-likeness (QED) is 0.336. The van der Waals surface area contributed by atoms with Crippen molar-refractivity contribution in [1.82, 2.24) is 4.98 Å². The van der Waals surface area contributed by atoms with Gasteiger partial charge >= 0.3 is 5.97 Å². The summed E-state index contributed by atoms with van der Waals surface area (Å²) < 4.78 is 14.0. The van der Waals surface area contributed by atoms with Gasteiger partial charge in [-0.3, -0.25) is 4.79 Å². The fourth-order valence-electron chi connectivity index (χ4n) is 3.59. The number of benzene rings is 3. The number of nitriles is 1. The number of nitrogens with zero attached hydrogens (tertiary/aromatic N) is 2. The van der Waals surface area contributed by atoms with Crippen molar-refractivity contribution in [2.24, 2.45) is 0 Å². The zero-order valence-electron chi connectivity index (χ0n) is 18.0. The number of aliphatic carboxylic acids is 1. The van der Waals surface area contributed by atoms with E-state index >= 15 is 0 Å². The zero-order chi connectivity index (χ0) is 23.5. The van der Waals surface area contributed by atoms with Crippen molar-refractivity contribution >= 4 is 34.3 Å². The van der Waals surface area contributed by atoms with Crippen molar-refractivity contribution in [3.63, 3.8) is 0 Å². The van der Waals surface area contributed by atoms with Crippen LogP contribution in [0.2, 0.25) is 0 Å². The minimum absolute atomic E-state index is 0.165. The molecule has 4 aromatic rings. The second kappa shape index (κ2) is 9.31. The summed E-state index contributed by atoms with van der Waals surface area (Å²) in [6.45, 7) is 1.46. The van der Waals surface area contributed by atoms with Gasteiger partial charge in [0.1, 0.15) is 23.5 Å². The molecule has 33 heavy (non-hydrogen) atoms. The normalized spacial score (nSPS) is 11.7. The van der Waals surface area contributed by atoms with Crippen LogP contribution in [0.5, 0.6) is 0 Å². The summed E-state index contributed by atoms with van der Waals surface area (Å²) in [4.78, 5) is 17.2. The fraction of sp³-hybridized carbons (Fsp3) is 0.115. The lowest BCUT2D eigenvalue weighted by Gasteiger charge is -2.17. The summed E-state index contributed by atoms with van der Waals surface area (Å²) >= 11 is 1.68. The van der Waals surface area contributed by atoms with Crippen LogP contribution in [0.4, 0.5) is 10.1 Å². The topological polar surface area (TPSA) is 86.0 Å². The maximum Gasteiger partial charge on any atom is 0.325 e. The van der Waals surface area contributed by atoms with Crippen LogP contribution in [0, 0.1) is 17.1 Å². The van der Waals surface area contributed by atoms with Crippen molar-refractivity contribution < 1.29 is 14.3 Å². The number of thioether (sulfide) groups is 1. The van der Waals surface area contributed by atoms with Crippen molar-refractivity contribution in [2.75, 3.05) is 11.6 Å². The Balaban J connectivity index is 1.83. The van der Waals surface area contributed by atoms with Gasteiger partial charge in [0.15, 0.2) is 0 Å². The molecule has 1 heterocycles. The minimum Gasteiger partial charge on any atom is -0.480 e. The molecule has 0 radical (unpaired) electrons. The molecule has 164 valence electrons. The van der Waals surface area contributed by atoms with Gasteiger partial charge in [0.25, 0.3) is 0 Å². The van der Waals surface area contributed by atoms with E-state index in [1.54, 1.807) is 11.8 Å². The van der Waals surface area contributed by atoms with E-state index in [0.29, 0.717) is 22.2 Å². The summed E-state index contributed by atoms with van der Waals surface area (Å²) in [7, 11) is 0. The molecule has 0 amide bonds. The molecule has 0 aliphatic rings. The first kappa shape index (κ1) is 22.3. The second-order valence-electron chi connectivity index (χ2n) is 7.49. The maximum atomic E-state index is 14.0. The first-order chi connectivity index (χ1) is 15.9. The third-order valence-corrected chi connectivity index (χ3v) is 6.12. The Morgan fingerprint density at radius 1 is 1.06 bits per heavy atom. The number of anilines is 1. The van der Waals surface area contributed by atoms with Crippen LogP contribution in [0.3, 0.4) is 0 Å². The Labute approximate surface area is 194 Å². The van der Waals surface area contributed by atoms with E-state index in [4.69, 9.17) is 0 Å². The molecule has 1 atom stereocenters. The highest BCUT2D eigenvalue weighted by Crippen LogP contribution is 2.35. The van der Waals surface area contributed by atoms with Crippen LogP contribution in [-0.2, 0) is 4.79 Å². The highest BCUT2D eigenvalue weighted by molar-refractivity contribution is 7.98. The highest BCUT2D eigenvalue weighted by atomic mass is 32.2. The summed E-state index contributed by atoms with van der Waals surface area (Å²) in [5.74, 6) is -1.58. The Hall–Kier alpha value is -3.89. The number of hydrogen-bond acceptors (Lipinski definition) is 5. The van der Waals surface area contributed by atoms with Crippen LogP contribution in [-0.4, -0.2) is 28.4 Å². The van der Waals surface area contributed by atoms with E-state index in [0.717, 1.165) is 11.1 Å². The molecule has 4 rings (SSSR count). The van der Waals surface area contributed by atoms with Crippen molar-refractivity contribution in [2.45, 2.75) is 17.9 Å². The third kappa shape index (κ3) is 4.52. The van der Waals surface area contributed by atoms with Crippen LogP contribution >= 0.6 is 11.8 Å². The Morgan fingerprint density at radius 2 is 1.67 bits per heavy atom. The molecular formula is C26H20FN3O2S. The van der Waals surface area contributed by atoms with Gasteiger partial charge in [0.05, 0.1) is 16.9 Å². The highest BCUT2D eigenvalue weighted by Gasteiger charge is 2.20. The Morgan fingerprint density at radius 3 is 2.24 bits per heavy atom. The van der Waals surface area contributed by atoms with Gasteiger partial charge in [-0.15, -0.1) is 11.8 Å². The van der Waals surface area contributed by atoms with Crippen LogP contribution in [0.15, 0.2) is 71.6 Å². The molecule has 7 heteroatoms. The summed E-state index contributed by atoms with van der Waals surface area (Å²) in [5.41, 5.74) is 4.07. The van der Waals surface area contributed by atoms with Gasteiger partial charge in [-0.1, -0.05) is 36.4 Å². The standard InChI is InChI=1S/C26H20FN3O2S/c1-15(26(31)32)29-25-21-13-19(27)9-12-23(21)30-24(22(25)14-28)18-5-3-16(4-6-18)17-7-10-20(33-2)11-8-17/h3-13,15H,1-2H3,(H,29,30)(H,31,32). The molecule has 0 saturated carbocycles. The van der Waals surface area contributed by atoms with E-state index < -0.39 is 17.8 Å². The van der Waals surface area contributed by atoms with Gasteiger partial charge in [0.2, 0.25) is 0 Å². The van der Waals surface area contributed by atoms with Gasteiger partial charge in [-0.2, -0.15) is 5.26 Å². The summed E-state index contributed by atoms with van der Waals surface area (Å²) in [5, 5.41) is 22.5. The fourth-order valence-corrected chi connectivity index (χ4v) is 3.99. The second-order valence-corrected chi connectivity index (χ2v) is 8.37. The predicted molar refractivity (Wildman–Crippen MR) is 130 cm³/mol. The lowest BCUT2D eigenvalue weighted by molar-refractivity contribution is -0.137. The SMILES string of the molecule is CSc1ccc(-c2ccc(-c3nc4ccc(F)cc4c(NC(C)C(=O)O)c3C#N)cc2)cc1. The molecule has 2 N–H and O–H groups in total. The molecule has 1 aromatic heterocycles. The summed E-state index contributed by atoms with van der Waals surface area (Å²) in [6, 6.07) is 21.1. The monoisotopic (exact) mass is 457 g/mol. The van der Waals surface area contributed by atoms with Crippen LogP contribution < -0.4 is 5.32 Å². The smallest absolute Gasteiger partial charge is 0.325 e. The number of fused-ring (bicyclic) bond motifs is 1. The Kier molecular flexibility index (Phi) is 6.29. The van der Waals surface area contributed by atoms with Crippen molar-refractivity contribution in [1.29, 1.82) is 5.26 Å².